The number of amides is 1. The van der Waals surface area contributed by atoms with Crippen molar-refractivity contribution in [3.63, 3.8) is 0 Å². The summed E-state index contributed by atoms with van der Waals surface area (Å²) in [6.45, 7) is 3.16. The standard InChI is InChI=1S/C21H24N4O2/c1-2-23(14-16-8-4-3-5-9-16)19(26)15-24-12-13-25-20(21(24)27)17-10-6-7-11-18(17)22-25/h3-5,8-9,12-13H,2,6-7,10-11,14-15H2,1H3. The maximum absolute atomic E-state index is 13.0. The molecule has 4 rings (SSSR count). The largest absolute Gasteiger partial charge is 0.337 e. The second-order valence-corrected chi connectivity index (χ2v) is 7.05. The van der Waals surface area contributed by atoms with Crippen molar-refractivity contribution in [2.24, 2.45) is 0 Å². The van der Waals surface area contributed by atoms with Crippen LogP contribution in [0.15, 0.2) is 47.5 Å². The Morgan fingerprint density at radius 3 is 2.70 bits per heavy atom. The number of rotatable bonds is 5. The van der Waals surface area contributed by atoms with Crippen molar-refractivity contribution in [1.82, 2.24) is 19.1 Å². The number of fused-ring (bicyclic) bond motifs is 3. The molecular weight excluding hydrogens is 340 g/mol. The molecule has 140 valence electrons. The first-order chi connectivity index (χ1) is 13.2. The quantitative estimate of drug-likeness (QED) is 0.699. The molecule has 1 aliphatic rings. The second kappa shape index (κ2) is 7.39. The molecule has 2 heterocycles. The van der Waals surface area contributed by atoms with E-state index in [1.165, 1.54) is 4.57 Å². The van der Waals surface area contributed by atoms with E-state index in [0.717, 1.165) is 42.5 Å². The van der Waals surface area contributed by atoms with Crippen LogP contribution in [0.2, 0.25) is 0 Å². The average Bonchev–Trinajstić information content (AvgIpc) is 3.08. The van der Waals surface area contributed by atoms with Gasteiger partial charge in [0.25, 0.3) is 5.56 Å². The minimum atomic E-state index is -0.128. The number of carbonyl (C=O) groups is 1. The summed E-state index contributed by atoms with van der Waals surface area (Å²) in [4.78, 5) is 27.6. The molecule has 3 aromatic rings. The van der Waals surface area contributed by atoms with E-state index in [0.29, 0.717) is 18.6 Å². The fourth-order valence-corrected chi connectivity index (χ4v) is 3.81. The Morgan fingerprint density at radius 2 is 1.93 bits per heavy atom. The van der Waals surface area contributed by atoms with Crippen LogP contribution in [0, 0.1) is 0 Å². The maximum atomic E-state index is 13.0. The lowest BCUT2D eigenvalue weighted by atomic mass is 9.97. The maximum Gasteiger partial charge on any atom is 0.277 e. The van der Waals surface area contributed by atoms with Gasteiger partial charge in [0.1, 0.15) is 12.1 Å². The number of aryl methyl sites for hydroxylation is 2. The molecule has 1 aromatic carbocycles. The van der Waals surface area contributed by atoms with Gasteiger partial charge in [0.2, 0.25) is 5.91 Å². The lowest BCUT2D eigenvalue weighted by Crippen LogP contribution is -2.36. The SMILES string of the molecule is CCN(Cc1ccccc1)C(=O)Cn1ccn2nc3c(c2c1=O)CCCC3. The Hall–Kier alpha value is -2.89. The third-order valence-corrected chi connectivity index (χ3v) is 5.29. The molecule has 0 radical (unpaired) electrons. The molecular formula is C21H24N4O2. The van der Waals surface area contributed by atoms with Crippen LogP contribution in [0.1, 0.15) is 36.6 Å². The van der Waals surface area contributed by atoms with Gasteiger partial charge in [-0.25, -0.2) is 4.52 Å². The second-order valence-electron chi connectivity index (χ2n) is 7.05. The van der Waals surface area contributed by atoms with E-state index in [-0.39, 0.29) is 18.0 Å². The molecule has 0 bridgehead atoms. The highest BCUT2D eigenvalue weighted by atomic mass is 16.2. The number of hydrogen-bond donors (Lipinski definition) is 0. The molecule has 6 nitrogen and oxygen atoms in total. The van der Waals surface area contributed by atoms with Gasteiger partial charge in [-0.1, -0.05) is 30.3 Å². The summed E-state index contributed by atoms with van der Waals surface area (Å²) in [6, 6.07) is 9.91. The molecule has 0 fully saturated rings. The third kappa shape index (κ3) is 3.39. The number of aromatic nitrogens is 3. The fourth-order valence-electron chi connectivity index (χ4n) is 3.81. The van der Waals surface area contributed by atoms with E-state index in [1.807, 2.05) is 37.3 Å². The Kier molecular flexibility index (Phi) is 4.79. The minimum Gasteiger partial charge on any atom is -0.337 e. The summed E-state index contributed by atoms with van der Waals surface area (Å²) in [6.07, 6.45) is 7.48. The number of benzene rings is 1. The monoisotopic (exact) mass is 364 g/mol. The summed E-state index contributed by atoms with van der Waals surface area (Å²) in [5.41, 5.74) is 3.68. The summed E-state index contributed by atoms with van der Waals surface area (Å²) < 4.78 is 3.20. The van der Waals surface area contributed by atoms with Crippen LogP contribution in [0.25, 0.3) is 5.52 Å². The van der Waals surface area contributed by atoms with Crippen molar-refractivity contribution in [1.29, 1.82) is 0 Å². The molecule has 27 heavy (non-hydrogen) atoms. The zero-order valence-corrected chi connectivity index (χ0v) is 15.6. The Balaban J connectivity index is 1.59. The van der Waals surface area contributed by atoms with E-state index in [9.17, 15) is 9.59 Å². The highest BCUT2D eigenvalue weighted by molar-refractivity contribution is 5.76. The predicted octanol–water partition coefficient (Wildman–Crippen LogP) is 2.42. The first kappa shape index (κ1) is 17.5. The zero-order chi connectivity index (χ0) is 18.8. The highest BCUT2D eigenvalue weighted by Crippen LogP contribution is 2.22. The first-order valence-corrected chi connectivity index (χ1v) is 9.58. The normalized spacial score (nSPS) is 13.5. The van der Waals surface area contributed by atoms with E-state index in [1.54, 1.807) is 21.8 Å². The highest BCUT2D eigenvalue weighted by Gasteiger charge is 2.21. The zero-order valence-electron chi connectivity index (χ0n) is 15.6. The summed E-state index contributed by atoms with van der Waals surface area (Å²) in [5, 5.41) is 4.55. The van der Waals surface area contributed by atoms with Crippen LogP contribution in [0.4, 0.5) is 0 Å². The van der Waals surface area contributed by atoms with Crippen molar-refractivity contribution in [2.45, 2.75) is 45.7 Å². The van der Waals surface area contributed by atoms with Gasteiger partial charge < -0.3 is 9.47 Å². The molecule has 0 saturated heterocycles. The summed E-state index contributed by atoms with van der Waals surface area (Å²) in [5.74, 6) is -0.0545. The molecule has 6 heteroatoms. The van der Waals surface area contributed by atoms with Crippen LogP contribution in [0.5, 0.6) is 0 Å². The first-order valence-electron chi connectivity index (χ1n) is 9.58. The topological polar surface area (TPSA) is 59.6 Å². The van der Waals surface area contributed by atoms with Crippen LogP contribution >= 0.6 is 0 Å². The molecule has 2 aromatic heterocycles. The number of likely N-dealkylation sites (N-methyl/N-ethyl adjacent to an activating group) is 1. The van der Waals surface area contributed by atoms with Gasteiger partial charge in [0.05, 0.1) is 5.69 Å². The van der Waals surface area contributed by atoms with Crippen LogP contribution in [-0.4, -0.2) is 31.5 Å². The molecule has 0 saturated carbocycles. The van der Waals surface area contributed by atoms with E-state index in [4.69, 9.17) is 0 Å². The van der Waals surface area contributed by atoms with Crippen molar-refractivity contribution < 1.29 is 4.79 Å². The predicted molar refractivity (Wildman–Crippen MR) is 104 cm³/mol. The lowest BCUT2D eigenvalue weighted by Gasteiger charge is -2.21. The van der Waals surface area contributed by atoms with Gasteiger partial charge in [-0.15, -0.1) is 0 Å². The fraction of sp³-hybridized carbons (Fsp3) is 0.381. The van der Waals surface area contributed by atoms with Crippen LogP contribution in [-0.2, 0) is 30.7 Å². The smallest absolute Gasteiger partial charge is 0.277 e. The average molecular weight is 364 g/mol. The van der Waals surface area contributed by atoms with Crippen molar-refractivity contribution in [3.8, 4) is 0 Å². The van der Waals surface area contributed by atoms with Crippen molar-refractivity contribution >= 4 is 11.4 Å². The molecule has 0 aliphatic heterocycles. The molecule has 0 unspecified atom stereocenters. The van der Waals surface area contributed by atoms with Crippen LogP contribution in [0.3, 0.4) is 0 Å². The summed E-state index contributed by atoms with van der Waals surface area (Å²) in [7, 11) is 0. The van der Waals surface area contributed by atoms with E-state index < -0.39 is 0 Å². The van der Waals surface area contributed by atoms with Crippen LogP contribution < -0.4 is 5.56 Å². The molecule has 0 N–H and O–H groups in total. The molecule has 0 spiro atoms. The Morgan fingerprint density at radius 1 is 1.15 bits per heavy atom. The van der Waals surface area contributed by atoms with Gasteiger partial charge in [0, 0.05) is 31.0 Å². The third-order valence-electron chi connectivity index (χ3n) is 5.29. The molecule has 0 atom stereocenters. The lowest BCUT2D eigenvalue weighted by molar-refractivity contribution is -0.132. The van der Waals surface area contributed by atoms with E-state index >= 15 is 0 Å². The Bertz CT molecular complexity index is 1020. The molecule has 1 amide bonds. The summed E-state index contributed by atoms with van der Waals surface area (Å²) >= 11 is 0. The van der Waals surface area contributed by atoms with E-state index in [2.05, 4.69) is 5.10 Å². The number of carbonyl (C=O) groups excluding carboxylic acids is 1. The number of hydrogen-bond acceptors (Lipinski definition) is 3. The van der Waals surface area contributed by atoms with Gasteiger partial charge in [-0.2, -0.15) is 5.10 Å². The van der Waals surface area contributed by atoms with Crippen molar-refractivity contribution in [3.05, 3.63) is 69.9 Å². The van der Waals surface area contributed by atoms with Gasteiger partial charge >= 0.3 is 0 Å². The van der Waals surface area contributed by atoms with Gasteiger partial charge in [-0.3, -0.25) is 9.59 Å². The van der Waals surface area contributed by atoms with Gasteiger partial charge in [-0.05, 0) is 38.2 Å². The van der Waals surface area contributed by atoms with Gasteiger partial charge in [0.15, 0.2) is 0 Å². The molecule has 1 aliphatic carbocycles. The Labute approximate surface area is 158 Å². The van der Waals surface area contributed by atoms with Crippen molar-refractivity contribution in [2.75, 3.05) is 6.54 Å². The minimum absolute atomic E-state index is 0.0515. The number of nitrogens with zero attached hydrogens (tertiary/aromatic N) is 4.